The third-order valence-electron chi connectivity index (χ3n) is 3.39. The number of nitrogens with two attached hydrogens (primary N) is 1. The van der Waals surface area contributed by atoms with E-state index in [2.05, 4.69) is 4.98 Å². The lowest BCUT2D eigenvalue weighted by atomic mass is 9.98. The molecule has 1 aromatic carbocycles. The Morgan fingerprint density at radius 1 is 1.27 bits per heavy atom. The van der Waals surface area contributed by atoms with E-state index in [-0.39, 0.29) is 12.0 Å². The van der Waals surface area contributed by atoms with E-state index in [4.69, 9.17) is 10.5 Å². The van der Waals surface area contributed by atoms with Crippen molar-refractivity contribution in [2.75, 3.05) is 6.61 Å². The fourth-order valence-electron chi connectivity index (χ4n) is 2.15. The van der Waals surface area contributed by atoms with Gasteiger partial charge >= 0.3 is 5.97 Å². The third kappa shape index (κ3) is 4.02. The van der Waals surface area contributed by atoms with Gasteiger partial charge in [0.1, 0.15) is 0 Å². The molecule has 2 aromatic rings. The summed E-state index contributed by atoms with van der Waals surface area (Å²) in [4.78, 5) is 15.5. The molecule has 0 bridgehead atoms. The zero-order chi connectivity index (χ0) is 15.9. The monoisotopic (exact) mass is 296 g/mol. The van der Waals surface area contributed by atoms with E-state index in [1.54, 1.807) is 19.3 Å². The predicted molar refractivity (Wildman–Crippen MR) is 87.0 cm³/mol. The van der Waals surface area contributed by atoms with Crippen LogP contribution in [-0.4, -0.2) is 17.6 Å². The first-order valence-corrected chi connectivity index (χ1v) is 7.22. The molecule has 0 radical (unpaired) electrons. The van der Waals surface area contributed by atoms with Crippen molar-refractivity contribution in [1.82, 2.24) is 4.98 Å². The average molecular weight is 296 g/mol. The van der Waals surface area contributed by atoms with E-state index < -0.39 is 0 Å². The second-order valence-electron chi connectivity index (χ2n) is 4.97. The van der Waals surface area contributed by atoms with Gasteiger partial charge in [-0.25, -0.2) is 4.79 Å². The van der Waals surface area contributed by atoms with Crippen molar-refractivity contribution >= 4 is 11.5 Å². The van der Waals surface area contributed by atoms with Crippen LogP contribution >= 0.6 is 0 Å². The highest BCUT2D eigenvalue weighted by Gasteiger charge is 2.09. The normalized spacial score (nSPS) is 12.8. The summed E-state index contributed by atoms with van der Waals surface area (Å²) < 4.78 is 4.91. The molecule has 0 aliphatic carbocycles. The number of hydrogen-bond acceptors (Lipinski definition) is 4. The second kappa shape index (κ2) is 7.52. The molecule has 1 aromatic heterocycles. The van der Waals surface area contributed by atoms with Gasteiger partial charge in [0.15, 0.2) is 0 Å². The minimum absolute atomic E-state index is 0.211. The van der Waals surface area contributed by atoms with Crippen molar-refractivity contribution in [3.63, 3.8) is 0 Å². The highest BCUT2D eigenvalue weighted by atomic mass is 16.5. The molecule has 1 unspecified atom stereocenters. The van der Waals surface area contributed by atoms with Gasteiger partial charge in [-0.3, -0.25) is 4.98 Å². The van der Waals surface area contributed by atoms with Crippen LogP contribution in [0.1, 0.15) is 36.6 Å². The van der Waals surface area contributed by atoms with Crippen LogP contribution in [0.2, 0.25) is 0 Å². The number of allylic oxidation sites excluding steroid dienone is 1. The van der Waals surface area contributed by atoms with E-state index in [0.717, 1.165) is 22.3 Å². The Bertz CT molecular complexity index is 649. The van der Waals surface area contributed by atoms with Crippen molar-refractivity contribution in [2.24, 2.45) is 5.73 Å². The quantitative estimate of drug-likeness (QED) is 0.680. The minimum atomic E-state index is -0.323. The molecule has 1 atom stereocenters. The number of esters is 1. The Balaban J connectivity index is 2.15. The minimum Gasteiger partial charge on any atom is -0.463 e. The number of carbonyl (C=O) groups excluding carboxylic acids is 1. The molecule has 0 fully saturated rings. The molecule has 0 saturated heterocycles. The number of rotatable bonds is 5. The van der Waals surface area contributed by atoms with Gasteiger partial charge in [-0.1, -0.05) is 30.3 Å². The number of pyridine rings is 1. The first-order chi connectivity index (χ1) is 10.6. The molecule has 4 nitrogen and oxygen atoms in total. The summed E-state index contributed by atoms with van der Waals surface area (Å²) in [6.07, 6.45) is 4.99. The summed E-state index contributed by atoms with van der Waals surface area (Å²) in [6.45, 7) is 4.05. The maximum absolute atomic E-state index is 11.5. The zero-order valence-electron chi connectivity index (χ0n) is 12.8. The lowest BCUT2D eigenvalue weighted by Gasteiger charge is -2.12. The van der Waals surface area contributed by atoms with Crippen molar-refractivity contribution in [2.45, 2.75) is 19.9 Å². The molecule has 0 spiro atoms. The lowest BCUT2D eigenvalue weighted by molar-refractivity contribution is -0.137. The summed E-state index contributed by atoms with van der Waals surface area (Å²) in [5.74, 6) is -0.323. The van der Waals surface area contributed by atoms with Crippen molar-refractivity contribution < 1.29 is 9.53 Å². The molecule has 2 rings (SSSR count). The molecule has 22 heavy (non-hydrogen) atoms. The third-order valence-corrected chi connectivity index (χ3v) is 3.39. The van der Waals surface area contributed by atoms with Crippen LogP contribution in [0.5, 0.6) is 0 Å². The SMILES string of the molecule is CCOC(=O)C=C(C)c1ccc(C(N)c2cccnc2)cc1. The van der Waals surface area contributed by atoms with E-state index in [9.17, 15) is 4.79 Å². The Morgan fingerprint density at radius 3 is 2.59 bits per heavy atom. The number of aromatic nitrogens is 1. The summed E-state index contributed by atoms with van der Waals surface area (Å²) in [7, 11) is 0. The second-order valence-corrected chi connectivity index (χ2v) is 4.97. The number of carbonyl (C=O) groups is 1. The Kier molecular flexibility index (Phi) is 5.44. The smallest absolute Gasteiger partial charge is 0.331 e. The van der Waals surface area contributed by atoms with E-state index >= 15 is 0 Å². The van der Waals surface area contributed by atoms with Crippen LogP contribution in [0.3, 0.4) is 0 Å². The van der Waals surface area contributed by atoms with E-state index in [1.807, 2.05) is 43.3 Å². The highest BCUT2D eigenvalue weighted by Crippen LogP contribution is 2.21. The molecule has 114 valence electrons. The number of benzene rings is 1. The molecule has 0 aliphatic rings. The van der Waals surface area contributed by atoms with Gasteiger partial charge < -0.3 is 10.5 Å². The topological polar surface area (TPSA) is 65.2 Å². The molecule has 1 heterocycles. The van der Waals surface area contributed by atoms with Gasteiger partial charge in [0.25, 0.3) is 0 Å². The van der Waals surface area contributed by atoms with Crippen molar-refractivity contribution in [1.29, 1.82) is 0 Å². The Hall–Kier alpha value is -2.46. The number of nitrogens with zero attached hydrogens (tertiary/aromatic N) is 1. The maximum atomic E-state index is 11.5. The van der Waals surface area contributed by atoms with Gasteiger partial charge in [0.05, 0.1) is 12.6 Å². The molecule has 0 aliphatic heterocycles. The van der Waals surface area contributed by atoms with Gasteiger partial charge in [0, 0.05) is 18.5 Å². The van der Waals surface area contributed by atoms with Gasteiger partial charge in [-0.05, 0) is 42.2 Å². The lowest BCUT2D eigenvalue weighted by Crippen LogP contribution is -2.11. The maximum Gasteiger partial charge on any atom is 0.331 e. The van der Waals surface area contributed by atoms with Gasteiger partial charge in [-0.15, -0.1) is 0 Å². The predicted octanol–water partition coefficient (Wildman–Crippen LogP) is 3.10. The number of hydrogen-bond donors (Lipinski definition) is 1. The fourth-order valence-corrected chi connectivity index (χ4v) is 2.15. The Labute approximate surface area is 130 Å². The van der Waals surface area contributed by atoms with Crippen LogP contribution in [0.25, 0.3) is 5.57 Å². The highest BCUT2D eigenvalue weighted by molar-refractivity contribution is 5.90. The molecule has 4 heteroatoms. The number of ether oxygens (including phenoxy) is 1. The van der Waals surface area contributed by atoms with Crippen LogP contribution in [0, 0.1) is 0 Å². The molecule has 0 amide bonds. The molecular formula is C18H20N2O2. The summed E-state index contributed by atoms with van der Waals surface area (Å²) in [5, 5.41) is 0. The first-order valence-electron chi connectivity index (χ1n) is 7.22. The van der Waals surface area contributed by atoms with E-state index in [1.165, 1.54) is 6.08 Å². The van der Waals surface area contributed by atoms with E-state index in [0.29, 0.717) is 6.61 Å². The van der Waals surface area contributed by atoms with Crippen LogP contribution in [0.15, 0.2) is 54.9 Å². The molecule has 0 saturated carbocycles. The van der Waals surface area contributed by atoms with Crippen LogP contribution < -0.4 is 5.73 Å². The Morgan fingerprint density at radius 2 is 2.00 bits per heavy atom. The molecular weight excluding hydrogens is 276 g/mol. The summed E-state index contributed by atoms with van der Waals surface area (Å²) in [5.41, 5.74) is 10.0. The largest absolute Gasteiger partial charge is 0.463 e. The first kappa shape index (κ1) is 15.9. The van der Waals surface area contributed by atoms with Crippen LogP contribution in [0.4, 0.5) is 0 Å². The standard InChI is InChI=1S/C18H20N2O2/c1-3-22-17(21)11-13(2)14-6-8-15(9-7-14)18(19)16-5-4-10-20-12-16/h4-12,18H,3,19H2,1-2H3. The fraction of sp³-hybridized carbons (Fsp3) is 0.222. The van der Waals surface area contributed by atoms with Crippen LogP contribution in [-0.2, 0) is 9.53 Å². The van der Waals surface area contributed by atoms with Crippen molar-refractivity contribution in [3.05, 3.63) is 71.6 Å². The summed E-state index contributed by atoms with van der Waals surface area (Å²) in [6, 6.07) is 11.5. The average Bonchev–Trinajstić information content (AvgIpc) is 2.55. The van der Waals surface area contributed by atoms with Gasteiger partial charge in [0.2, 0.25) is 0 Å². The zero-order valence-corrected chi connectivity index (χ0v) is 12.8. The summed E-state index contributed by atoms with van der Waals surface area (Å²) >= 11 is 0. The van der Waals surface area contributed by atoms with Crippen molar-refractivity contribution in [3.8, 4) is 0 Å². The van der Waals surface area contributed by atoms with Gasteiger partial charge in [-0.2, -0.15) is 0 Å². The molecule has 2 N–H and O–H groups in total.